The maximum Gasteiger partial charge on any atom is 0.191 e. The van der Waals surface area contributed by atoms with Crippen LogP contribution in [-0.4, -0.2) is 37.2 Å². The molecule has 0 saturated carbocycles. The zero-order valence-corrected chi connectivity index (χ0v) is 18.3. The van der Waals surface area contributed by atoms with Gasteiger partial charge in [0.1, 0.15) is 11.9 Å². The number of halogens is 1. The van der Waals surface area contributed by atoms with Gasteiger partial charge in [-0.2, -0.15) is 0 Å². The van der Waals surface area contributed by atoms with Crippen molar-refractivity contribution in [2.75, 3.05) is 20.1 Å². The van der Waals surface area contributed by atoms with Gasteiger partial charge in [0.05, 0.1) is 6.54 Å². The van der Waals surface area contributed by atoms with Crippen LogP contribution in [0.1, 0.15) is 23.7 Å². The van der Waals surface area contributed by atoms with Crippen LogP contribution >= 0.6 is 24.0 Å². The van der Waals surface area contributed by atoms with Crippen LogP contribution in [0.15, 0.2) is 47.6 Å². The molecule has 26 heavy (non-hydrogen) atoms. The zero-order chi connectivity index (χ0) is 18.1. The van der Waals surface area contributed by atoms with Gasteiger partial charge < -0.3 is 15.4 Å². The van der Waals surface area contributed by atoms with Crippen molar-refractivity contribution < 1.29 is 4.74 Å². The Hall–Kier alpha value is -1.83. The van der Waals surface area contributed by atoms with Gasteiger partial charge in [-0.1, -0.05) is 24.3 Å². The molecule has 1 aromatic carbocycles. The second-order valence-electron chi connectivity index (χ2n) is 6.13. The molecular weight excluding hydrogens is 439 g/mol. The summed E-state index contributed by atoms with van der Waals surface area (Å²) in [6.45, 7) is 7.58. The average Bonchev–Trinajstić information content (AvgIpc) is 2.61. The summed E-state index contributed by atoms with van der Waals surface area (Å²) in [5.41, 5.74) is 3.39. The minimum atomic E-state index is 0. The summed E-state index contributed by atoms with van der Waals surface area (Å²) in [4.78, 5) is 8.57. The summed E-state index contributed by atoms with van der Waals surface area (Å²) in [5, 5.41) is 6.62. The Morgan fingerprint density at radius 1 is 1.15 bits per heavy atom. The van der Waals surface area contributed by atoms with E-state index in [4.69, 9.17) is 4.74 Å². The number of ether oxygens (including phenoxy) is 1. The molecule has 2 aromatic rings. The van der Waals surface area contributed by atoms with Gasteiger partial charge in [0, 0.05) is 25.5 Å². The molecular formula is C20H29IN4O. The fourth-order valence-corrected chi connectivity index (χ4v) is 2.38. The van der Waals surface area contributed by atoms with Crippen LogP contribution in [0.4, 0.5) is 0 Å². The highest BCUT2D eigenvalue weighted by Crippen LogP contribution is 2.17. The highest BCUT2D eigenvalue weighted by molar-refractivity contribution is 14.0. The molecule has 0 bridgehead atoms. The number of nitrogens with zero attached hydrogens (tertiary/aromatic N) is 2. The molecule has 0 aliphatic rings. The van der Waals surface area contributed by atoms with E-state index >= 15 is 0 Å². The van der Waals surface area contributed by atoms with Crippen LogP contribution < -0.4 is 15.4 Å². The largest absolute Gasteiger partial charge is 0.489 e. The predicted molar refractivity (Wildman–Crippen MR) is 119 cm³/mol. The standard InChI is InChI=1S/C20H28N4O.HI/c1-15-7-5-6-8-19(15)25-17(3)13-24-20(21-4)22-12-11-18-10-9-16(2)23-14-18;/h5-10,14,17H,11-13H2,1-4H3,(H2,21,22,24);1H. The normalized spacial score (nSPS) is 12.1. The lowest BCUT2D eigenvalue weighted by Crippen LogP contribution is -2.42. The second-order valence-corrected chi connectivity index (χ2v) is 6.13. The molecule has 0 spiro atoms. The summed E-state index contributed by atoms with van der Waals surface area (Å²) in [5.74, 6) is 1.70. The molecule has 2 N–H and O–H groups in total. The first-order chi connectivity index (χ1) is 12.1. The SMILES string of the molecule is CN=C(NCCc1ccc(C)nc1)NCC(C)Oc1ccccc1C.I. The van der Waals surface area contributed by atoms with Crippen molar-refractivity contribution >= 4 is 29.9 Å². The van der Waals surface area contributed by atoms with Crippen molar-refractivity contribution in [1.29, 1.82) is 0 Å². The second kappa shape index (κ2) is 11.7. The zero-order valence-electron chi connectivity index (χ0n) is 16.0. The molecule has 0 radical (unpaired) electrons. The van der Waals surface area contributed by atoms with Gasteiger partial charge in [0.15, 0.2) is 5.96 Å². The number of aromatic nitrogens is 1. The summed E-state index contributed by atoms with van der Waals surface area (Å²) < 4.78 is 5.97. The van der Waals surface area contributed by atoms with Crippen molar-refractivity contribution in [3.63, 3.8) is 0 Å². The van der Waals surface area contributed by atoms with E-state index in [0.717, 1.165) is 35.9 Å². The fourth-order valence-electron chi connectivity index (χ4n) is 2.38. The molecule has 2 rings (SSSR count). The van der Waals surface area contributed by atoms with Crippen LogP contribution in [0.25, 0.3) is 0 Å². The molecule has 1 atom stereocenters. The number of hydrogen-bond donors (Lipinski definition) is 2. The molecule has 0 saturated heterocycles. The maximum atomic E-state index is 5.97. The number of pyridine rings is 1. The predicted octanol–water partition coefficient (Wildman–Crippen LogP) is 3.49. The first kappa shape index (κ1) is 22.2. The Kier molecular flexibility index (Phi) is 10.0. The Balaban J connectivity index is 0.00000338. The Morgan fingerprint density at radius 2 is 1.92 bits per heavy atom. The number of aryl methyl sites for hydroxylation is 2. The van der Waals surface area contributed by atoms with Crippen LogP contribution in [0.3, 0.4) is 0 Å². The van der Waals surface area contributed by atoms with E-state index in [1.165, 1.54) is 5.56 Å². The van der Waals surface area contributed by atoms with E-state index in [0.29, 0.717) is 6.54 Å². The number of benzene rings is 1. The topological polar surface area (TPSA) is 58.5 Å². The van der Waals surface area contributed by atoms with Gasteiger partial charge in [0.2, 0.25) is 0 Å². The van der Waals surface area contributed by atoms with Gasteiger partial charge in [0.25, 0.3) is 0 Å². The summed E-state index contributed by atoms with van der Waals surface area (Å²) >= 11 is 0. The number of para-hydroxylation sites is 1. The first-order valence-corrected chi connectivity index (χ1v) is 8.67. The van der Waals surface area contributed by atoms with Crippen LogP contribution in [0.2, 0.25) is 0 Å². The first-order valence-electron chi connectivity index (χ1n) is 8.67. The van der Waals surface area contributed by atoms with E-state index < -0.39 is 0 Å². The lowest BCUT2D eigenvalue weighted by molar-refractivity contribution is 0.222. The van der Waals surface area contributed by atoms with E-state index in [1.807, 2.05) is 44.3 Å². The molecule has 0 aliphatic heterocycles. The maximum absolute atomic E-state index is 5.97. The molecule has 1 unspecified atom stereocenters. The van der Waals surface area contributed by atoms with Gasteiger partial charge in [-0.3, -0.25) is 9.98 Å². The number of aliphatic imine (C=N–C) groups is 1. The molecule has 0 aliphatic carbocycles. The Labute approximate surface area is 173 Å². The van der Waals surface area contributed by atoms with Crippen molar-refractivity contribution in [3.05, 3.63) is 59.4 Å². The molecule has 0 fully saturated rings. The molecule has 142 valence electrons. The lowest BCUT2D eigenvalue weighted by Gasteiger charge is -2.18. The van der Waals surface area contributed by atoms with Gasteiger partial charge in [-0.25, -0.2) is 0 Å². The van der Waals surface area contributed by atoms with Gasteiger partial charge >= 0.3 is 0 Å². The fraction of sp³-hybridized carbons (Fsp3) is 0.400. The summed E-state index contributed by atoms with van der Waals surface area (Å²) in [7, 11) is 1.77. The van der Waals surface area contributed by atoms with E-state index in [-0.39, 0.29) is 30.1 Å². The summed E-state index contributed by atoms with van der Waals surface area (Å²) in [6, 6.07) is 12.2. The minimum Gasteiger partial charge on any atom is -0.489 e. The quantitative estimate of drug-likeness (QED) is 0.371. The minimum absolute atomic E-state index is 0. The van der Waals surface area contributed by atoms with E-state index in [9.17, 15) is 0 Å². The van der Waals surface area contributed by atoms with Crippen LogP contribution in [0, 0.1) is 13.8 Å². The highest BCUT2D eigenvalue weighted by Gasteiger charge is 2.07. The number of hydrogen-bond acceptors (Lipinski definition) is 3. The Bertz CT molecular complexity index is 688. The summed E-state index contributed by atoms with van der Waals surface area (Å²) in [6.07, 6.45) is 2.87. The molecule has 0 amide bonds. The monoisotopic (exact) mass is 468 g/mol. The van der Waals surface area contributed by atoms with Gasteiger partial charge in [-0.15, -0.1) is 24.0 Å². The van der Waals surface area contributed by atoms with E-state index in [2.05, 4.69) is 39.7 Å². The van der Waals surface area contributed by atoms with Crippen molar-refractivity contribution in [1.82, 2.24) is 15.6 Å². The smallest absolute Gasteiger partial charge is 0.191 e. The highest BCUT2D eigenvalue weighted by atomic mass is 127. The van der Waals surface area contributed by atoms with Gasteiger partial charge in [-0.05, 0) is 50.5 Å². The van der Waals surface area contributed by atoms with Crippen molar-refractivity contribution in [2.45, 2.75) is 33.3 Å². The van der Waals surface area contributed by atoms with E-state index in [1.54, 1.807) is 7.05 Å². The molecule has 1 heterocycles. The average molecular weight is 468 g/mol. The van der Waals surface area contributed by atoms with Crippen LogP contribution in [-0.2, 0) is 6.42 Å². The third kappa shape index (κ3) is 7.59. The molecule has 6 heteroatoms. The van der Waals surface area contributed by atoms with Crippen molar-refractivity contribution in [3.8, 4) is 5.75 Å². The Morgan fingerprint density at radius 3 is 2.58 bits per heavy atom. The third-order valence-corrected chi connectivity index (χ3v) is 3.88. The molecule has 5 nitrogen and oxygen atoms in total. The lowest BCUT2D eigenvalue weighted by atomic mass is 10.2. The number of rotatable bonds is 7. The van der Waals surface area contributed by atoms with Crippen LogP contribution in [0.5, 0.6) is 5.75 Å². The number of nitrogens with one attached hydrogen (secondary N) is 2. The van der Waals surface area contributed by atoms with Crippen molar-refractivity contribution in [2.24, 2.45) is 4.99 Å². The molecule has 1 aromatic heterocycles. The third-order valence-electron chi connectivity index (χ3n) is 3.88. The number of guanidine groups is 1.